The smallest absolute Gasteiger partial charge is 0.253 e. The maximum atomic E-state index is 11.7. The number of nitrogens with one attached hydrogen (secondary N) is 1. The fraction of sp³-hybridized carbons (Fsp3) is 0.273. The molecule has 0 saturated carbocycles. The highest BCUT2D eigenvalue weighted by Crippen LogP contribution is 2.07. The van der Waals surface area contributed by atoms with Gasteiger partial charge in [0.1, 0.15) is 6.54 Å². The van der Waals surface area contributed by atoms with Gasteiger partial charge in [-0.1, -0.05) is 5.92 Å². The molecular formula is C11H11BrN2O2. The lowest BCUT2D eigenvalue weighted by atomic mass is 10.3. The molecule has 0 unspecified atom stereocenters. The summed E-state index contributed by atoms with van der Waals surface area (Å²) in [6.07, 6.45) is 6.58. The van der Waals surface area contributed by atoms with E-state index in [4.69, 9.17) is 6.42 Å². The van der Waals surface area contributed by atoms with E-state index in [1.807, 2.05) is 0 Å². The lowest BCUT2D eigenvalue weighted by Crippen LogP contribution is -2.32. The summed E-state index contributed by atoms with van der Waals surface area (Å²) >= 11 is 3.27. The maximum Gasteiger partial charge on any atom is 0.253 e. The van der Waals surface area contributed by atoms with E-state index in [1.165, 1.54) is 4.57 Å². The normalized spacial score (nSPS) is 9.56. The predicted molar refractivity (Wildman–Crippen MR) is 65.0 cm³/mol. The number of nitrogens with zero attached hydrogens (tertiary/aromatic N) is 1. The van der Waals surface area contributed by atoms with Crippen molar-refractivity contribution in [2.24, 2.45) is 0 Å². The van der Waals surface area contributed by atoms with Crippen molar-refractivity contribution in [1.29, 1.82) is 0 Å². The van der Waals surface area contributed by atoms with Crippen LogP contribution in [0.1, 0.15) is 5.56 Å². The van der Waals surface area contributed by atoms with E-state index in [1.54, 1.807) is 19.2 Å². The minimum atomic E-state index is -0.280. The Labute approximate surface area is 102 Å². The average Bonchev–Trinajstić information content (AvgIpc) is 2.22. The molecule has 0 aromatic carbocycles. The van der Waals surface area contributed by atoms with Crippen molar-refractivity contribution in [2.45, 2.75) is 13.5 Å². The van der Waals surface area contributed by atoms with Gasteiger partial charge >= 0.3 is 0 Å². The number of carbonyl (C=O) groups is 1. The fourth-order valence-corrected chi connectivity index (χ4v) is 1.81. The van der Waals surface area contributed by atoms with Crippen LogP contribution in [0.3, 0.4) is 0 Å². The molecule has 0 bridgehead atoms. The van der Waals surface area contributed by atoms with Crippen molar-refractivity contribution in [3.8, 4) is 12.3 Å². The highest BCUT2D eigenvalue weighted by atomic mass is 79.9. The second kappa shape index (κ2) is 5.52. The second-order valence-electron chi connectivity index (χ2n) is 3.26. The molecule has 0 aliphatic rings. The summed E-state index contributed by atoms with van der Waals surface area (Å²) in [5, 5.41) is 2.50. The number of rotatable bonds is 3. The molecule has 1 aromatic heterocycles. The van der Waals surface area contributed by atoms with E-state index in [2.05, 4.69) is 27.2 Å². The molecule has 1 N–H and O–H groups in total. The lowest BCUT2D eigenvalue weighted by molar-refractivity contribution is -0.121. The van der Waals surface area contributed by atoms with Gasteiger partial charge < -0.3 is 9.88 Å². The van der Waals surface area contributed by atoms with Crippen LogP contribution >= 0.6 is 15.9 Å². The first kappa shape index (κ1) is 12.5. The number of pyridine rings is 1. The molecule has 0 aliphatic carbocycles. The molecule has 16 heavy (non-hydrogen) atoms. The van der Waals surface area contributed by atoms with E-state index in [0.717, 1.165) is 4.47 Å². The number of terminal acetylenes is 1. The molecule has 1 amide bonds. The number of halogens is 1. The van der Waals surface area contributed by atoms with Gasteiger partial charge in [0.15, 0.2) is 0 Å². The Morgan fingerprint density at radius 3 is 3.00 bits per heavy atom. The largest absolute Gasteiger partial charge is 0.344 e. The predicted octanol–water partition coefficient (Wildman–Crippen LogP) is 0.669. The average molecular weight is 283 g/mol. The van der Waals surface area contributed by atoms with Crippen LogP contribution in [0.2, 0.25) is 0 Å². The standard InChI is InChI=1S/C11H11BrN2O2/c1-3-4-13-10(15)7-14-6-9(12)5-8(2)11(14)16/h1,5-6H,4,7H2,2H3,(H,13,15). The third kappa shape index (κ3) is 3.24. The summed E-state index contributed by atoms with van der Waals surface area (Å²) in [6, 6.07) is 1.71. The maximum absolute atomic E-state index is 11.7. The van der Waals surface area contributed by atoms with E-state index in [0.29, 0.717) is 5.56 Å². The Kier molecular flexibility index (Phi) is 4.32. The minimum Gasteiger partial charge on any atom is -0.344 e. The van der Waals surface area contributed by atoms with Gasteiger partial charge in [0.2, 0.25) is 5.91 Å². The third-order valence-electron chi connectivity index (χ3n) is 1.93. The van der Waals surface area contributed by atoms with Gasteiger partial charge in [-0.2, -0.15) is 0 Å². The summed E-state index contributed by atoms with van der Waals surface area (Å²) in [4.78, 5) is 23.0. The Hall–Kier alpha value is -1.54. The summed E-state index contributed by atoms with van der Waals surface area (Å²) in [6.45, 7) is 1.84. The van der Waals surface area contributed by atoms with Gasteiger partial charge in [-0.05, 0) is 28.9 Å². The molecule has 1 rings (SSSR count). The number of aryl methyl sites for hydroxylation is 1. The van der Waals surface area contributed by atoms with Crippen LogP contribution < -0.4 is 10.9 Å². The first-order chi connectivity index (χ1) is 7.54. The molecule has 0 spiro atoms. The third-order valence-corrected chi connectivity index (χ3v) is 2.37. The fourth-order valence-electron chi connectivity index (χ4n) is 1.22. The van der Waals surface area contributed by atoms with Crippen molar-refractivity contribution < 1.29 is 4.79 Å². The van der Waals surface area contributed by atoms with Crippen molar-refractivity contribution in [1.82, 2.24) is 9.88 Å². The molecule has 0 saturated heterocycles. The number of aromatic nitrogens is 1. The number of amides is 1. The zero-order valence-electron chi connectivity index (χ0n) is 8.79. The van der Waals surface area contributed by atoms with Crippen LogP contribution in [0.4, 0.5) is 0 Å². The Balaban J connectivity index is 2.86. The monoisotopic (exact) mass is 282 g/mol. The molecule has 4 nitrogen and oxygen atoms in total. The van der Waals surface area contributed by atoms with Crippen LogP contribution in [0.25, 0.3) is 0 Å². The molecule has 1 aromatic rings. The molecular weight excluding hydrogens is 272 g/mol. The van der Waals surface area contributed by atoms with Gasteiger partial charge in [-0.15, -0.1) is 6.42 Å². The molecule has 0 fully saturated rings. The van der Waals surface area contributed by atoms with Gasteiger partial charge in [0.05, 0.1) is 6.54 Å². The van der Waals surface area contributed by atoms with Crippen LogP contribution in [0.15, 0.2) is 21.5 Å². The van der Waals surface area contributed by atoms with Crippen LogP contribution in [0, 0.1) is 19.3 Å². The molecule has 0 atom stereocenters. The van der Waals surface area contributed by atoms with Gasteiger partial charge in [0.25, 0.3) is 5.56 Å². The topological polar surface area (TPSA) is 51.1 Å². The highest BCUT2D eigenvalue weighted by molar-refractivity contribution is 9.10. The summed E-state index contributed by atoms with van der Waals surface area (Å²) in [5.74, 6) is 2.01. The van der Waals surface area contributed by atoms with E-state index in [-0.39, 0.29) is 24.6 Å². The summed E-state index contributed by atoms with van der Waals surface area (Å²) < 4.78 is 2.10. The first-order valence-electron chi connectivity index (χ1n) is 4.61. The molecule has 0 radical (unpaired) electrons. The molecule has 1 heterocycles. The molecule has 0 aliphatic heterocycles. The van der Waals surface area contributed by atoms with Crippen molar-refractivity contribution in [3.05, 3.63) is 32.7 Å². The van der Waals surface area contributed by atoms with Gasteiger partial charge in [-0.3, -0.25) is 9.59 Å². The second-order valence-corrected chi connectivity index (χ2v) is 4.17. The van der Waals surface area contributed by atoms with Gasteiger partial charge in [0, 0.05) is 16.2 Å². The van der Waals surface area contributed by atoms with Crippen LogP contribution in [-0.4, -0.2) is 17.0 Å². The summed E-state index contributed by atoms with van der Waals surface area (Å²) in [5.41, 5.74) is 0.401. The quantitative estimate of drug-likeness (QED) is 0.829. The number of hydrogen-bond acceptors (Lipinski definition) is 2. The first-order valence-corrected chi connectivity index (χ1v) is 5.40. The van der Waals surface area contributed by atoms with Crippen molar-refractivity contribution in [3.63, 3.8) is 0 Å². The Morgan fingerprint density at radius 2 is 2.38 bits per heavy atom. The number of carbonyl (C=O) groups excluding carboxylic acids is 1. The highest BCUT2D eigenvalue weighted by Gasteiger charge is 2.06. The molecule has 5 heteroatoms. The Morgan fingerprint density at radius 1 is 1.69 bits per heavy atom. The SMILES string of the molecule is C#CCNC(=O)Cn1cc(Br)cc(C)c1=O. The zero-order valence-corrected chi connectivity index (χ0v) is 10.4. The lowest BCUT2D eigenvalue weighted by Gasteiger charge is -2.07. The van der Waals surface area contributed by atoms with Crippen LogP contribution in [0.5, 0.6) is 0 Å². The summed E-state index contributed by atoms with van der Waals surface area (Å²) in [7, 11) is 0. The van der Waals surface area contributed by atoms with Gasteiger partial charge in [-0.25, -0.2) is 0 Å². The van der Waals surface area contributed by atoms with E-state index in [9.17, 15) is 9.59 Å². The number of hydrogen-bond donors (Lipinski definition) is 1. The van der Waals surface area contributed by atoms with Crippen molar-refractivity contribution in [2.75, 3.05) is 6.54 Å². The van der Waals surface area contributed by atoms with E-state index >= 15 is 0 Å². The zero-order chi connectivity index (χ0) is 12.1. The molecule has 84 valence electrons. The van der Waals surface area contributed by atoms with Crippen molar-refractivity contribution >= 4 is 21.8 Å². The van der Waals surface area contributed by atoms with Crippen LogP contribution in [-0.2, 0) is 11.3 Å². The van der Waals surface area contributed by atoms with E-state index < -0.39 is 0 Å². The Bertz CT molecular complexity index is 500. The minimum absolute atomic E-state index is 0.0270.